The Morgan fingerprint density at radius 1 is 0.833 bits per heavy atom. The first kappa shape index (κ1) is 26.2. The summed E-state index contributed by atoms with van der Waals surface area (Å²) in [6.45, 7) is -0.502. The van der Waals surface area contributed by atoms with E-state index in [4.69, 9.17) is 23.7 Å². The van der Waals surface area contributed by atoms with Crippen LogP contribution in [-0.2, 0) is 9.53 Å². The van der Waals surface area contributed by atoms with Gasteiger partial charge in [0.1, 0.15) is 0 Å². The van der Waals surface area contributed by atoms with Crippen molar-refractivity contribution in [2.24, 2.45) is 0 Å². The van der Waals surface area contributed by atoms with Crippen LogP contribution in [0.25, 0.3) is 6.08 Å². The van der Waals surface area contributed by atoms with Gasteiger partial charge in [-0.15, -0.1) is 0 Å². The molecule has 3 aromatic rings. The van der Waals surface area contributed by atoms with Crippen LogP contribution in [0.4, 0.5) is 0 Å². The number of para-hydroxylation sites is 2. The molecule has 0 aromatic heterocycles. The van der Waals surface area contributed by atoms with E-state index in [1.54, 1.807) is 42.5 Å². The van der Waals surface area contributed by atoms with Crippen molar-refractivity contribution in [3.63, 3.8) is 0 Å². The number of hydrogen-bond acceptors (Lipinski definition) is 9. The van der Waals surface area contributed by atoms with Gasteiger partial charge in [0.2, 0.25) is 0 Å². The Morgan fingerprint density at radius 3 is 2.08 bits per heavy atom. The molecule has 0 aliphatic rings. The number of benzene rings is 3. The van der Waals surface area contributed by atoms with E-state index in [0.29, 0.717) is 22.6 Å². The Balaban J connectivity index is 1.91. The minimum Gasteiger partial charge on any atom is -0.504 e. The van der Waals surface area contributed by atoms with Crippen LogP contribution < -0.4 is 18.9 Å². The minimum absolute atomic E-state index is 0.0298. The first-order valence-electron chi connectivity index (χ1n) is 10.9. The molecular weight excluding hydrogens is 468 g/mol. The molecule has 0 radical (unpaired) electrons. The molecule has 3 aromatic carbocycles. The molecule has 3 N–H and O–H groups in total. The highest BCUT2D eigenvalue weighted by Crippen LogP contribution is 2.35. The lowest BCUT2D eigenvalue weighted by molar-refractivity contribution is -0.149. The van der Waals surface area contributed by atoms with Crippen molar-refractivity contribution < 1.29 is 43.8 Å². The first-order valence-corrected chi connectivity index (χ1v) is 10.9. The van der Waals surface area contributed by atoms with Gasteiger partial charge in [-0.3, -0.25) is 0 Å². The van der Waals surface area contributed by atoms with E-state index in [1.807, 2.05) is 0 Å². The van der Waals surface area contributed by atoms with Crippen LogP contribution in [-0.4, -0.2) is 55.3 Å². The number of phenols is 2. The number of phenolic OH excluding ortho intramolecular Hbond substituents is 2. The van der Waals surface area contributed by atoms with E-state index in [9.17, 15) is 20.1 Å². The Bertz CT molecular complexity index is 1210. The van der Waals surface area contributed by atoms with Crippen LogP contribution in [0.15, 0.2) is 66.7 Å². The molecule has 3 rings (SSSR count). The van der Waals surface area contributed by atoms with Crippen LogP contribution >= 0.6 is 0 Å². The normalized spacial score (nSPS) is 12.6. The number of esters is 1. The largest absolute Gasteiger partial charge is 0.504 e. The van der Waals surface area contributed by atoms with Crippen molar-refractivity contribution in [3.05, 3.63) is 77.9 Å². The lowest BCUT2D eigenvalue weighted by Crippen LogP contribution is -2.32. The van der Waals surface area contributed by atoms with Crippen molar-refractivity contribution >= 4 is 12.0 Å². The summed E-state index contributed by atoms with van der Waals surface area (Å²) < 4.78 is 27.3. The van der Waals surface area contributed by atoms with E-state index < -0.39 is 24.8 Å². The lowest BCUT2D eigenvalue weighted by atomic mass is 10.0. The topological polar surface area (TPSA) is 124 Å². The van der Waals surface area contributed by atoms with Crippen LogP contribution in [0.2, 0.25) is 0 Å². The molecule has 190 valence electrons. The van der Waals surface area contributed by atoms with E-state index in [1.165, 1.54) is 51.7 Å². The van der Waals surface area contributed by atoms with Crippen molar-refractivity contribution in [1.82, 2.24) is 0 Å². The molecule has 0 fully saturated rings. The van der Waals surface area contributed by atoms with Gasteiger partial charge in [-0.05, 0) is 48.0 Å². The zero-order chi connectivity index (χ0) is 26.1. The van der Waals surface area contributed by atoms with Crippen LogP contribution in [0, 0.1) is 0 Å². The van der Waals surface area contributed by atoms with Crippen molar-refractivity contribution in [3.8, 4) is 34.5 Å². The molecular formula is C27H28O9. The zero-order valence-corrected chi connectivity index (χ0v) is 20.1. The van der Waals surface area contributed by atoms with Crippen molar-refractivity contribution in [2.75, 3.05) is 27.9 Å². The highest BCUT2D eigenvalue weighted by atomic mass is 16.6. The number of rotatable bonds is 11. The molecule has 0 spiro atoms. The number of aromatic hydroxyl groups is 2. The van der Waals surface area contributed by atoms with Gasteiger partial charge >= 0.3 is 5.97 Å². The molecule has 0 aliphatic carbocycles. The number of aliphatic hydroxyl groups is 1. The smallest absolute Gasteiger partial charge is 0.331 e. The molecule has 0 amide bonds. The van der Waals surface area contributed by atoms with Gasteiger partial charge in [0.25, 0.3) is 0 Å². The Kier molecular flexibility index (Phi) is 9.01. The van der Waals surface area contributed by atoms with Crippen LogP contribution in [0.3, 0.4) is 0 Å². The minimum atomic E-state index is -1.08. The second kappa shape index (κ2) is 12.4. The van der Waals surface area contributed by atoms with Gasteiger partial charge in [0.05, 0.1) is 27.9 Å². The Morgan fingerprint density at radius 2 is 1.44 bits per heavy atom. The summed E-state index contributed by atoms with van der Waals surface area (Å²) in [6, 6.07) is 15.9. The maximum Gasteiger partial charge on any atom is 0.331 e. The molecule has 0 heterocycles. The molecule has 0 bridgehead atoms. The number of aliphatic hydroxyl groups excluding tert-OH is 1. The number of carbonyl (C=O) groups is 1. The van der Waals surface area contributed by atoms with Gasteiger partial charge in [-0.25, -0.2) is 4.79 Å². The third-order valence-corrected chi connectivity index (χ3v) is 5.26. The standard InChI is InChI=1S/C27H28O9/c1-32-21-6-4-5-7-22(21)35-25(16-28)27(18-10-12-20(30)24(15-18)34-3)36-26(31)13-9-17-8-11-19(29)23(14-17)33-2/h4-15,25,27-30H,16H2,1-3H3/b13-9+/t25-,27-/m1/s1. The quantitative estimate of drug-likeness (QED) is 0.268. The fraction of sp³-hybridized carbons (Fsp3) is 0.222. The number of methoxy groups -OCH3 is 3. The Hall–Kier alpha value is -4.37. The van der Waals surface area contributed by atoms with E-state index in [0.717, 1.165) is 0 Å². The summed E-state index contributed by atoms with van der Waals surface area (Å²) in [4.78, 5) is 12.8. The predicted octanol–water partition coefficient (Wildman–Crippen LogP) is 3.86. The zero-order valence-electron chi connectivity index (χ0n) is 20.1. The summed E-state index contributed by atoms with van der Waals surface area (Å²) in [5.74, 6) is 0.347. The maximum atomic E-state index is 12.8. The molecule has 0 aliphatic heterocycles. The van der Waals surface area contributed by atoms with Crippen molar-refractivity contribution in [2.45, 2.75) is 12.2 Å². The monoisotopic (exact) mass is 496 g/mol. The summed E-state index contributed by atoms with van der Waals surface area (Å²) in [5, 5.41) is 29.9. The molecule has 2 atom stereocenters. The molecule has 0 saturated carbocycles. The molecule has 36 heavy (non-hydrogen) atoms. The average molecular weight is 497 g/mol. The summed E-state index contributed by atoms with van der Waals surface area (Å²) in [5.41, 5.74) is 1.01. The number of ether oxygens (including phenoxy) is 5. The van der Waals surface area contributed by atoms with Gasteiger partial charge < -0.3 is 39.0 Å². The SMILES string of the molecule is COc1cc(/C=C/C(=O)O[C@H](c2ccc(O)c(OC)c2)[C@@H](CO)Oc2ccccc2OC)ccc1O. The van der Waals surface area contributed by atoms with Gasteiger partial charge in [0.15, 0.2) is 46.7 Å². The Labute approximate surface area is 208 Å². The molecule has 0 saturated heterocycles. The van der Waals surface area contributed by atoms with E-state index in [-0.39, 0.29) is 23.0 Å². The first-order chi connectivity index (χ1) is 17.4. The maximum absolute atomic E-state index is 12.8. The fourth-order valence-electron chi connectivity index (χ4n) is 3.43. The summed E-state index contributed by atoms with van der Waals surface area (Å²) >= 11 is 0. The van der Waals surface area contributed by atoms with Crippen molar-refractivity contribution in [1.29, 1.82) is 0 Å². The van der Waals surface area contributed by atoms with E-state index >= 15 is 0 Å². The van der Waals surface area contributed by atoms with Gasteiger partial charge in [-0.2, -0.15) is 0 Å². The summed E-state index contributed by atoms with van der Waals surface area (Å²) in [6.07, 6.45) is 0.588. The third kappa shape index (κ3) is 6.39. The highest BCUT2D eigenvalue weighted by Gasteiger charge is 2.30. The van der Waals surface area contributed by atoms with Crippen LogP contribution in [0.1, 0.15) is 17.2 Å². The second-order valence-corrected chi connectivity index (χ2v) is 7.54. The molecule has 0 unspecified atom stereocenters. The third-order valence-electron chi connectivity index (χ3n) is 5.26. The lowest BCUT2D eigenvalue weighted by Gasteiger charge is -2.27. The van der Waals surface area contributed by atoms with Crippen LogP contribution in [0.5, 0.6) is 34.5 Å². The number of hydrogen-bond donors (Lipinski definition) is 3. The highest BCUT2D eigenvalue weighted by molar-refractivity contribution is 5.87. The molecule has 9 nitrogen and oxygen atoms in total. The summed E-state index contributed by atoms with van der Waals surface area (Å²) in [7, 11) is 4.30. The number of carbonyl (C=O) groups excluding carboxylic acids is 1. The molecule has 9 heteroatoms. The van der Waals surface area contributed by atoms with Gasteiger partial charge in [0, 0.05) is 11.6 Å². The van der Waals surface area contributed by atoms with E-state index in [2.05, 4.69) is 0 Å². The second-order valence-electron chi connectivity index (χ2n) is 7.54. The average Bonchev–Trinajstić information content (AvgIpc) is 2.90. The fourth-order valence-corrected chi connectivity index (χ4v) is 3.43. The predicted molar refractivity (Wildman–Crippen MR) is 132 cm³/mol. The van der Waals surface area contributed by atoms with Gasteiger partial charge in [-0.1, -0.05) is 24.3 Å².